The molecule has 96 valence electrons. The van der Waals surface area contributed by atoms with Gasteiger partial charge in [-0.05, 0) is 45.0 Å². The molecule has 0 aliphatic carbocycles. The van der Waals surface area contributed by atoms with Gasteiger partial charge in [0.1, 0.15) is 0 Å². The third kappa shape index (κ3) is 3.69. The van der Waals surface area contributed by atoms with E-state index in [4.69, 9.17) is 0 Å². The van der Waals surface area contributed by atoms with Gasteiger partial charge < -0.3 is 5.32 Å². The minimum atomic E-state index is -0.206. The molecule has 0 aromatic carbocycles. The molecule has 1 N–H and O–H groups in total. The summed E-state index contributed by atoms with van der Waals surface area (Å²) in [5.41, 5.74) is -0.188. The van der Waals surface area contributed by atoms with Crippen LogP contribution in [0.4, 0.5) is 0 Å². The van der Waals surface area contributed by atoms with Gasteiger partial charge in [0.15, 0.2) is 0 Å². The van der Waals surface area contributed by atoms with E-state index in [2.05, 4.69) is 20.8 Å². The van der Waals surface area contributed by atoms with Crippen LogP contribution in [0.25, 0.3) is 0 Å². The van der Waals surface area contributed by atoms with Crippen molar-refractivity contribution in [1.82, 2.24) is 25.5 Å². The van der Waals surface area contributed by atoms with Gasteiger partial charge in [0, 0.05) is 6.54 Å². The molecule has 1 aromatic rings. The zero-order chi connectivity index (χ0) is 13.1. The molecule has 17 heavy (non-hydrogen) atoms. The fourth-order valence-electron chi connectivity index (χ4n) is 1.20. The molecule has 1 atom stereocenters. The Balaban J connectivity index is 2.76. The summed E-state index contributed by atoms with van der Waals surface area (Å²) < 4.78 is 1.73. The molecule has 0 bridgehead atoms. The van der Waals surface area contributed by atoms with Crippen molar-refractivity contribution < 1.29 is 4.79 Å². The van der Waals surface area contributed by atoms with Gasteiger partial charge in [-0.15, -0.1) is 5.10 Å². The summed E-state index contributed by atoms with van der Waals surface area (Å²) in [6.07, 6.45) is 0. The van der Waals surface area contributed by atoms with E-state index < -0.39 is 0 Å². The van der Waals surface area contributed by atoms with Gasteiger partial charge in [0.05, 0.1) is 10.8 Å². The van der Waals surface area contributed by atoms with Crippen LogP contribution in [0.1, 0.15) is 34.6 Å². The van der Waals surface area contributed by atoms with Crippen LogP contribution >= 0.6 is 11.8 Å². The highest BCUT2D eigenvalue weighted by Crippen LogP contribution is 2.24. The molecular weight excluding hydrogens is 238 g/mol. The monoisotopic (exact) mass is 257 g/mol. The quantitative estimate of drug-likeness (QED) is 0.816. The summed E-state index contributed by atoms with van der Waals surface area (Å²) in [5.74, 6) is 0.000888. The summed E-state index contributed by atoms with van der Waals surface area (Å²) in [7, 11) is 0. The molecule has 7 heteroatoms. The second-order valence-corrected chi connectivity index (χ2v) is 6.01. The average Bonchev–Trinajstić information content (AvgIpc) is 2.65. The van der Waals surface area contributed by atoms with Crippen LogP contribution in [0.5, 0.6) is 0 Å². The maximum atomic E-state index is 11.6. The first-order valence-electron chi connectivity index (χ1n) is 5.59. The van der Waals surface area contributed by atoms with Crippen LogP contribution in [0, 0.1) is 0 Å². The van der Waals surface area contributed by atoms with Crippen molar-refractivity contribution in [2.45, 2.75) is 50.6 Å². The van der Waals surface area contributed by atoms with Crippen LogP contribution in [0.2, 0.25) is 0 Å². The van der Waals surface area contributed by atoms with Crippen molar-refractivity contribution in [2.75, 3.05) is 6.54 Å². The van der Waals surface area contributed by atoms with Crippen molar-refractivity contribution in [3.8, 4) is 0 Å². The molecule has 6 nitrogen and oxygen atoms in total. The van der Waals surface area contributed by atoms with Crippen molar-refractivity contribution in [1.29, 1.82) is 0 Å². The minimum absolute atomic E-state index is 0.000888. The molecule has 1 heterocycles. The summed E-state index contributed by atoms with van der Waals surface area (Å²) in [4.78, 5) is 11.6. The topological polar surface area (TPSA) is 72.7 Å². The molecule has 0 unspecified atom stereocenters. The minimum Gasteiger partial charge on any atom is -0.355 e. The maximum absolute atomic E-state index is 11.6. The fourth-order valence-corrected chi connectivity index (χ4v) is 2.20. The van der Waals surface area contributed by atoms with Gasteiger partial charge in [-0.25, -0.2) is 4.68 Å². The van der Waals surface area contributed by atoms with Crippen LogP contribution in [-0.2, 0) is 10.3 Å². The van der Waals surface area contributed by atoms with Crippen molar-refractivity contribution in [3.63, 3.8) is 0 Å². The fraction of sp³-hybridized carbons (Fsp3) is 0.800. The second-order valence-electron chi connectivity index (χ2n) is 4.70. The lowest BCUT2D eigenvalue weighted by Crippen LogP contribution is -2.31. The van der Waals surface area contributed by atoms with Gasteiger partial charge in [-0.2, -0.15) is 0 Å². The van der Waals surface area contributed by atoms with E-state index in [9.17, 15) is 4.79 Å². The number of hydrogen-bond acceptors (Lipinski definition) is 5. The molecule has 0 saturated heterocycles. The molecule has 0 radical (unpaired) electrons. The predicted molar refractivity (Wildman–Crippen MR) is 66.8 cm³/mol. The SMILES string of the molecule is CCNC(=O)[C@@H](C)Sc1nnnn1C(C)(C)C. The zero-order valence-electron chi connectivity index (χ0n) is 10.9. The van der Waals surface area contributed by atoms with Crippen LogP contribution in [-0.4, -0.2) is 37.9 Å². The number of thioether (sulfide) groups is 1. The summed E-state index contributed by atoms with van der Waals surface area (Å²) in [6, 6.07) is 0. The third-order valence-corrected chi connectivity index (χ3v) is 3.11. The Labute approximate surface area is 106 Å². The predicted octanol–water partition coefficient (Wildman–Crippen LogP) is 1.04. The third-order valence-electron chi connectivity index (χ3n) is 2.08. The molecule has 1 amide bonds. The van der Waals surface area contributed by atoms with E-state index in [1.165, 1.54) is 11.8 Å². The molecule has 0 spiro atoms. The smallest absolute Gasteiger partial charge is 0.233 e. The summed E-state index contributed by atoms with van der Waals surface area (Å²) >= 11 is 1.37. The normalized spacial score (nSPS) is 13.5. The van der Waals surface area contributed by atoms with E-state index in [0.717, 1.165) is 0 Å². The van der Waals surface area contributed by atoms with Gasteiger partial charge in [-0.3, -0.25) is 4.79 Å². The van der Waals surface area contributed by atoms with E-state index in [1.54, 1.807) is 4.68 Å². The van der Waals surface area contributed by atoms with Crippen molar-refractivity contribution >= 4 is 17.7 Å². The summed E-state index contributed by atoms with van der Waals surface area (Å²) in [6.45, 7) is 10.4. The van der Waals surface area contributed by atoms with E-state index in [0.29, 0.717) is 11.7 Å². The number of carbonyl (C=O) groups is 1. The largest absolute Gasteiger partial charge is 0.355 e. The van der Waals surface area contributed by atoms with E-state index in [1.807, 2.05) is 34.6 Å². The molecule has 1 aromatic heterocycles. The van der Waals surface area contributed by atoms with E-state index in [-0.39, 0.29) is 16.7 Å². The highest BCUT2D eigenvalue weighted by atomic mass is 32.2. The van der Waals surface area contributed by atoms with Gasteiger partial charge in [0.2, 0.25) is 11.1 Å². The van der Waals surface area contributed by atoms with Crippen molar-refractivity contribution in [2.24, 2.45) is 0 Å². The number of rotatable bonds is 4. The standard InChI is InChI=1S/C10H19N5OS/c1-6-11-8(16)7(2)17-9-12-13-14-15(9)10(3,4)5/h7H,6H2,1-5H3,(H,11,16)/t7-/m1/s1. The van der Waals surface area contributed by atoms with Crippen LogP contribution in [0.15, 0.2) is 5.16 Å². The first kappa shape index (κ1) is 14.0. The number of amides is 1. The van der Waals surface area contributed by atoms with Crippen molar-refractivity contribution in [3.05, 3.63) is 0 Å². The Morgan fingerprint density at radius 3 is 2.71 bits per heavy atom. The highest BCUT2D eigenvalue weighted by molar-refractivity contribution is 8.00. The number of nitrogens with zero attached hydrogens (tertiary/aromatic N) is 4. The Bertz CT molecular complexity index is 384. The molecular formula is C10H19N5OS. The number of nitrogens with one attached hydrogen (secondary N) is 1. The molecule has 0 fully saturated rings. The Morgan fingerprint density at radius 2 is 2.18 bits per heavy atom. The second kappa shape index (κ2) is 5.48. The average molecular weight is 257 g/mol. The first-order valence-corrected chi connectivity index (χ1v) is 6.47. The number of tetrazole rings is 1. The lowest BCUT2D eigenvalue weighted by Gasteiger charge is -2.20. The Hall–Kier alpha value is -1.11. The molecule has 1 rings (SSSR count). The van der Waals surface area contributed by atoms with Gasteiger partial charge in [0.25, 0.3) is 0 Å². The van der Waals surface area contributed by atoms with Gasteiger partial charge in [-0.1, -0.05) is 11.8 Å². The Morgan fingerprint density at radius 1 is 1.53 bits per heavy atom. The highest BCUT2D eigenvalue weighted by Gasteiger charge is 2.23. The van der Waals surface area contributed by atoms with Crippen LogP contribution in [0.3, 0.4) is 0 Å². The lowest BCUT2D eigenvalue weighted by molar-refractivity contribution is -0.120. The zero-order valence-corrected chi connectivity index (χ0v) is 11.7. The molecule has 0 saturated carbocycles. The summed E-state index contributed by atoms with van der Waals surface area (Å²) in [5, 5.41) is 14.8. The first-order chi connectivity index (χ1) is 7.86. The Kier molecular flexibility index (Phi) is 4.50. The van der Waals surface area contributed by atoms with Gasteiger partial charge >= 0.3 is 0 Å². The number of aromatic nitrogens is 4. The van der Waals surface area contributed by atoms with Crippen LogP contribution < -0.4 is 5.32 Å². The maximum Gasteiger partial charge on any atom is 0.233 e. The molecule has 0 aliphatic heterocycles. The number of carbonyl (C=O) groups excluding carboxylic acids is 1. The lowest BCUT2D eigenvalue weighted by atomic mass is 10.1. The van der Waals surface area contributed by atoms with E-state index >= 15 is 0 Å². The number of hydrogen-bond donors (Lipinski definition) is 1. The molecule has 0 aliphatic rings.